The van der Waals surface area contributed by atoms with Crippen LogP contribution in [0.2, 0.25) is 0 Å². The predicted octanol–water partition coefficient (Wildman–Crippen LogP) is 5.18. The first-order valence-electron chi connectivity index (χ1n) is 8.22. The summed E-state index contributed by atoms with van der Waals surface area (Å²) in [4.78, 5) is 13.7. The Kier molecular flexibility index (Phi) is 3.75. The number of amides is 1. The number of anilines is 1. The third-order valence-electron chi connectivity index (χ3n) is 5.32. The maximum atomic E-state index is 12.5. The zero-order valence-electron chi connectivity index (χ0n) is 12.6. The molecule has 1 aromatic carbocycles. The van der Waals surface area contributed by atoms with Gasteiger partial charge in [-0.3, -0.25) is 4.79 Å². The van der Waals surface area contributed by atoms with Gasteiger partial charge in [-0.1, -0.05) is 30.7 Å². The summed E-state index contributed by atoms with van der Waals surface area (Å²) in [6.07, 6.45) is 6.06. The van der Waals surface area contributed by atoms with Crippen molar-refractivity contribution in [3.63, 3.8) is 0 Å². The lowest BCUT2D eigenvalue weighted by Crippen LogP contribution is -2.20. The zero-order valence-corrected chi connectivity index (χ0v) is 13.4. The van der Waals surface area contributed by atoms with Gasteiger partial charge >= 0.3 is 0 Å². The topological polar surface area (TPSA) is 29.1 Å². The van der Waals surface area contributed by atoms with Gasteiger partial charge in [0, 0.05) is 22.5 Å². The van der Waals surface area contributed by atoms with Gasteiger partial charge in [-0.15, -0.1) is 11.3 Å². The minimum absolute atomic E-state index is 0.182. The molecule has 1 N–H and O–H groups in total. The molecule has 2 aliphatic rings. The van der Waals surface area contributed by atoms with Crippen molar-refractivity contribution < 1.29 is 4.79 Å². The maximum Gasteiger partial charge on any atom is 0.224 e. The molecule has 2 aromatic rings. The van der Waals surface area contributed by atoms with Crippen LogP contribution in [0.15, 0.2) is 41.8 Å². The highest BCUT2D eigenvalue weighted by Crippen LogP contribution is 2.49. The first-order chi connectivity index (χ1) is 10.8. The Hall–Kier alpha value is -1.61. The van der Waals surface area contributed by atoms with Gasteiger partial charge in [-0.2, -0.15) is 0 Å². The number of benzene rings is 1. The normalized spacial score (nSPS) is 26.3. The third kappa shape index (κ3) is 2.70. The molecule has 3 atom stereocenters. The number of nitrogens with one attached hydrogen (secondary N) is 1. The fraction of sp³-hybridized carbons (Fsp3) is 0.421. The van der Waals surface area contributed by atoms with Crippen LogP contribution in [0.3, 0.4) is 0 Å². The molecular weight excluding hydrogens is 290 g/mol. The highest BCUT2D eigenvalue weighted by Gasteiger charge is 2.40. The van der Waals surface area contributed by atoms with Gasteiger partial charge in [0.1, 0.15) is 0 Å². The quantitative estimate of drug-likeness (QED) is 0.828. The summed E-state index contributed by atoms with van der Waals surface area (Å²) in [7, 11) is 0. The van der Waals surface area contributed by atoms with Crippen molar-refractivity contribution in [2.24, 2.45) is 17.8 Å². The SMILES string of the molecule is O=C(CC1CC2CCC1C2)Nc1ccccc1-c1cccs1. The minimum Gasteiger partial charge on any atom is -0.325 e. The van der Waals surface area contributed by atoms with Gasteiger partial charge < -0.3 is 5.32 Å². The van der Waals surface area contributed by atoms with E-state index in [1.165, 1.54) is 30.6 Å². The number of hydrogen-bond acceptors (Lipinski definition) is 2. The smallest absolute Gasteiger partial charge is 0.224 e. The van der Waals surface area contributed by atoms with Gasteiger partial charge in [-0.05, 0) is 54.5 Å². The Morgan fingerprint density at radius 3 is 2.77 bits per heavy atom. The molecule has 0 spiro atoms. The van der Waals surface area contributed by atoms with Crippen LogP contribution in [0.1, 0.15) is 32.1 Å². The van der Waals surface area contributed by atoms with Crippen LogP contribution in [0.4, 0.5) is 5.69 Å². The first-order valence-corrected chi connectivity index (χ1v) is 9.10. The number of hydrogen-bond donors (Lipinski definition) is 1. The van der Waals surface area contributed by atoms with Crippen LogP contribution in [0, 0.1) is 17.8 Å². The van der Waals surface area contributed by atoms with Gasteiger partial charge in [0.2, 0.25) is 5.91 Å². The van der Waals surface area contributed by atoms with Crippen molar-refractivity contribution in [2.75, 3.05) is 5.32 Å². The fourth-order valence-electron chi connectivity index (χ4n) is 4.30. The second-order valence-electron chi connectivity index (χ2n) is 6.71. The van der Waals surface area contributed by atoms with E-state index in [-0.39, 0.29) is 5.91 Å². The van der Waals surface area contributed by atoms with Crippen LogP contribution in [0.25, 0.3) is 10.4 Å². The summed E-state index contributed by atoms with van der Waals surface area (Å²) >= 11 is 1.71. The minimum atomic E-state index is 0.182. The summed E-state index contributed by atoms with van der Waals surface area (Å²) in [6, 6.07) is 12.3. The van der Waals surface area contributed by atoms with Crippen LogP contribution in [-0.2, 0) is 4.79 Å². The Morgan fingerprint density at radius 2 is 2.05 bits per heavy atom. The number of carbonyl (C=O) groups excluding carboxylic acids is 1. The van der Waals surface area contributed by atoms with E-state index in [9.17, 15) is 4.79 Å². The van der Waals surface area contributed by atoms with Crippen molar-refractivity contribution in [3.8, 4) is 10.4 Å². The summed E-state index contributed by atoms with van der Waals surface area (Å²) in [5, 5.41) is 5.23. The van der Waals surface area contributed by atoms with E-state index < -0.39 is 0 Å². The Labute approximate surface area is 135 Å². The van der Waals surface area contributed by atoms with Gasteiger partial charge in [0.25, 0.3) is 0 Å². The second kappa shape index (κ2) is 5.88. The Morgan fingerprint density at radius 1 is 1.14 bits per heavy atom. The van der Waals surface area contributed by atoms with E-state index in [0.717, 1.165) is 23.1 Å². The number of carbonyl (C=O) groups is 1. The van der Waals surface area contributed by atoms with Crippen LogP contribution in [-0.4, -0.2) is 5.91 Å². The molecule has 0 aliphatic heterocycles. The second-order valence-corrected chi connectivity index (χ2v) is 7.66. The van der Waals surface area contributed by atoms with Crippen molar-refractivity contribution in [1.29, 1.82) is 0 Å². The molecule has 1 aromatic heterocycles. The van der Waals surface area contributed by atoms with E-state index in [4.69, 9.17) is 0 Å². The number of para-hydroxylation sites is 1. The van der Waals surface area contributed by atoms with Crippen molar-refractivity contribution in [1.82, 2.24) is 0 Å². The predicted molar refractivity (Wildman–Crippen MR) is 91.9 cm³/mol. The van der Waals surface area contributed by atoms with E-state index in [1.54, 1.807) is 11.3 Å². The molecule has 3 heteroatoms. The van der Waals surface area contributed by atoms with Crippen LogP contribution < -0.4 is 5.32 Å². The molecule has 1 amide bonds. The lowest BCUT2D eigenvalue weighted by Gasteiger charge is -2.21. The Balaban J connectivity index is 1.46. The maximum absolute atomic E-state index is 12.5. The average molecular weight is 311 g/mol. The van der Waals surface area contributed by atoms with Gasteiger partial charge in [-0.25, -0.2) is 0 Å². The molecule has 4 rings (SSSR count). The van der Waals surface area contributed by atoms with Crippen LogP contribution >= 0.6 is 11.3 Å². The lowest BCUT2D eigenvalue weighted by atomic mass is 9.86. The standard InChI is InChI=1S/C19H21NOS/c21-19(12-15-11-13-7-8-14(15)10-13)20-17-5-2-1-4-16(17)18-6-3-9-22-18/h1-6,9,13-15H,7-8,10-12H2,(H,20,21). The van der Waals surface area contributed by atoms with Gasteiger partial charge in [0.15, 0.2) is 0 Å². The van der Waals surface area contributed by atoms with Crippen molar-refractivity contribution in [2.45, 2.75) is 32.1 Å². The number of thiophene rings is 1. The molecule has 1 heterocycles. The molecule has 3 unspecified atom stereocenters. The van der Waals surface area contributed by atoms with E-state index >= 15 is 0 Å². The van der Waals surface area contributed by atoms with Crippen molar-refractivity contribution >= 4 is 22.9 Å². The molecule has 2 saturated carbocycles. The Bertz CT molecular complexity index is 664. The lowest BCUT2D eigenvalue weighted by molar-refractivity contribution is -0.117. The molecule has 2 fully saturated rings. The summed E-state index contributed by atoms with van der Waals surface area (Å²) in [5.41, 5.74) is 2.07. The largest absolute Gasteiger partial charge is 0.325 e. The molecule has 0 saturated heterocycles. The average Bonchev–Trinajstić information content (AvgIpc) is 3.25. The summed E-state index contributed by atoms with van der Waals surface area (Å²) in [6.45, 7) is 0. The highest BCUT2D eigenvalue weighted by molar-refractivity contribution is 7.13. The van der Waals surface area contributed by atoms with E-state index in [1.807, 2.05) is 24.3 Å². The molecule has 22 heavy (non-hydrogen) atoms. The number of fused-ring (bicyclic) bond motifs is 2. The summed E-state index contributed by atoms with van der Waals surface area (Å²) < 4.78 is 0. The van der Waals surface area contributed by atoms with E-state index in [2.05, 4.69) is 22.8 Å². The number of rotatable bonds is 4. The molecule has 2 bridgehead atoms. The van der Waals surface area contributed by atoms with Gasteiger partial charge in [0.05, 0.1) is 0 Å². The summed E-state index contributed by atoms with van der Waals surface area (Å²) in [5.74, 6) is 2.51. The molecule has 2 aliphatic carbocycles. The molecular formula is C19H21NOS. The fourth-order valence-corrected chi connectivity index (χ4v) is 5.07. The highest BCUT2D eigenvalue weighted by atomic mass is 32.1. The zero-order chi connectivity index (χ0) is 14.9. The van der Waals surface area contributed by atoms with Crippen molar-refractivity contribution in [3.05, 3.63) is 41.8 Å². The monoisotopic (exact) mass is 311 g/mol. The molecule has 114 valence electrons. The van der Waals surface area contributed by atoms with E-state index in [0.29, 0.717) is 12.3 Å². The van der Waals surface area contributed by atoms with Crippen LogP contribution in [0.5, 0.6) is 0 Å². The molecule has 2 nitrogen and oxygen atoms in total. The third-order valence-corrected chi connectivity index (χ3v) is 6.22. The first kappa shape index (κ1) is 14.0. The molecule has 0 radical (unpaired) electrons.